The Bertz CT molecular complexity index is 1070. The van der Waals surface area contributed by atoms with Gasteiger partial charge in [-0.2, -0.15) is 0 Å². The highest BCUT2D eigenvalue weighted by Gasteiger charge is 2.21. The first kappa shape index (κ1) is 20.5. The van der Waals surface area contributed by atoms with Gasteiger partial charge in [-0.3, -0.25) is 4.79 Å². The van der Waals surface area contributed by atoms with Crippen molar-refractivity contribution in [1.82, 2.24) is 14.9 Å². The highest BCUT2D eigenvalue weighted by Crippen LogP contribution is 2.28. The number of nitrogens with one attached hydrogen (secondary N) is 1. The number of carbonyl (C=O) groups excluding carboxylic acids is 1. The van der Waals surface area contributed by atoms with Crippen molar-refractivity contribution < 1.29 is 13.6 Å². The van der Waals surface area contributed by atoms with Gasteiger partial charge in [0.25, 0.3) is 0 Å². The number of nitrogens with zero attached hydrogens (tertiary/aromatic N) is 3. The van der Waals surface area contributed by atoms with E-state index < -0.39 is 11.6 Å². The van der Waals surface area contributed by atoms with Crippen LogP contribution in [0.2, 0.25) is 0 Å². The van der Waals surface area contributed by atoms with E-state index in [0.717, 1.165) is 43.5 Å². The van der Waals surface area contributed by atoms with Crippen LogP contribution in [0.25, 0.3) is 10.9 Å². The smallest absolute Gasteiger partial charge is 0.233 e. The van der Waals surface area contributed by atoms with E-state index in [9.17, 15) is 13.6 Å². The van der Waals surface area contributed by atoms with E-state index in [1.807, 2.05) is 29.2 Å². The quantitative estimate of drug-likeness (QED) is 0.458. The molecule has 2 aromatic carbocycles. The van der Waals surface area contributed by atoms with Gasteiger partial charge in [-0.25, -0.2) is 18.7 Å². The second kappa shape index (κ2) is 8.95. The van der Waals surface area contributed by atoms with Crippen LogP contribution in [0.3, 0.4) is 0 Å². The molecule has 1 saturated heterocycles. The lowest BCUT2D eigenvalue weighted by atomic mass is 9.99. The Morgan fingerprint density at radius 2 is 1.90 bits per heavy atom. The minimum absolute atomic E-state index is 0.0822. The molecule has 2 heterocycles. The van der Waals surface area contributed by atoms with Crippen LogP contribution in [0.1, 0.15) is 19.8 Å². The summed E-state index contributed by atoms with van der Waals surface area (Å²) in [5.74, 6) is -0.357. The van der Waals surface area contributed by atoms with E-state index in [1.54, 1.807) is 0 Å². The summed E-state index contributed by atoms with van der Waals surface area (Å²) >= 11 is 1.28. The third kappa shape index (κ3) is 4.70. The molecule has 0 aliphatic carbocycles. The van der Waals surface area contributed by atoms with Crippen molar-refractivity contribution in [1.29, 1.82) is 0 Å². The van der Waals surface area contributed by atoms with Crippen LogP contribution in [0.4, 0.5) is 20.3 Å². The summed E-state index contributed by atoms with van der Waals surface area (Å²) in [6.07, 6.45) is 2.07. The molecule has 0 atom stereocenters. The zero-order valence-electron chi connectivity index (χ0n) is 16.6. The Kier molecular flexibility index (Phi) is 6.13. The van der Waals surface area contributed by atoms with Gasteiger partial charge < -0.3 is 10.2 Å². The number of para-hydroxylation sites is 1. The van der Waals surface area contributed by atoms with Crippen LogP contribution >= 0.6 is 11.8 Å². The maximum absolute atomic E-state index is 13.6. The Balaban J connectivity index is 1.54. The van der Waals surface area contributed by atoms with Crippen molar-refractivity contribution in [3.05, 3.63) is 54.1 Å². The zero-order valence-corrected chi connectivity index (χ0v) is 17.4. The van der Waals surface area contributed by atoms with Crippen LogP contribution < -0.4 is 5.32 Å². The molecule has 0 saturated carbocycles. The normalized spacial score (nSPS) is 14.8. The molecule has 5 nitrogen and oxygen atoms in total. The molecule has 0 unspecified atom stereocenters. The molecule has 1 amide bonds. The number of hydrogen-bond acceptors (Lipinski definition) is 5. The number of aromatic nitrogens is 2. The van der Waals surface area contributed by atoms with Gasteiger partial charge in [-0.15, -0.1) is 0 Å². The Morgan fingerprint density at radius 1 is 1.13 bits per heavy atom. The topological polar surface area (TPSA) is 58.1 Å². The minimum Gasteiger partial charge on any atom is -0.342 e. The molecule has 3 aromatic rings. The van der Waals surface area contributed by atoms with Crippen molar-refractivity contribution >= 4 is 40.1 Å². The standard InChI is InChI=1S/C22H22F2N4OS/c1-14-8-10-28(11-9-14)20(29)13-30-22-26-19-5-3-2-4-16(19)21(27-22)25-15-6-7-17(23)18(24)12-15/h2-7,12,14H,8-11,13H2,1H3,(H,25,26,27). The molecule has 1 N–H and O–H groups in total. The highest BCUT2D eigenvalue weighted by molar-refractivity contribution is 7.99. The molecule has 4 rings (SSSR count). The maximum atomic E-state index is 13.6. The number of hydrogen-bond donors (Lipinski definition) is 1. The fraction of sp³-hybridized carbons (Fsp3) is 0.318. The number of halogens is 2. The van der Waals surface area contributed by atoms with Gasteiger partial charge in [0.1, 0.15) is 5.82 Å². The lowest BCUT2D eigenvalue weighted by Crippen LogP contribution is -2.38. The van der Waals surface area contributed by atoms with Crippen LogP contribution in [0.15, 0.2) is 47.6 Å². The molecular weight excluding hydrogens is 406 g/mol. The van der Waals surface area contributed by atoms with E-state index in [2.05, 4.69) is 22.2 Å². The van der Waals surface area contributed by atoms with Gasteiger partial charge in [0.15, 0.2) is 16.8 Å². The molecule has 0 spiro atoms. The molecule has 1 aliphatic heterocycles. The van der Waals surface area contributed by atoms with Crippen molar-refractivity contribution in [3.8, 4) is 0 Å². The molecule has 0 radical (unpaired) electrons. The monoisotopic (exact) mass is 428 g/mol. The van der Waals surface area contributed by atoms with Crippen LogP contribution in [-0.2, 0) is 4.79 Å². The summed E-state index contributed by atoms with van der Waals surface area (Å²) < 4.78 is 26.8. The number of rotatable bonds is 5. The van der Waals surface area contributed by atoms with Crippen molar-refractivity contribution in [3.63, 3.8) is 0 Å². The number of fused-ring (bicyclic) bond motifs is 1. The Hall–Kier alpha value is -2.74. The summed E-state index contributed by atoms with van der Waals surface area (Å²) in [5.41, 5.74) is 1.09. The number of thioether (sulfide) groups is 1. The fourth-order valence-corrected chi connectivity index (χ4v) is 4.16. The molecule has 30 heavy (non-hydrogen) atoms. The van der Waals surface area contributed by atoms with Crippen molar-refractivity contribution in [2.75, 3.05) is 24.2 Å². The number of anilines is 2. The summed E-state index contributed by atoms with van der Waals surface area (Å²) in [4.78, 5) is 23.5. The van der Waals surface area contributed by atoms with Crippen molar-refractivity contribution in [2.45, 2.75) is 24.9 Å². The van der Waals surface area contributed by atoms with E-state index in [1.165, 1.54) is 17.8 Å². The lowest BCUT2D eigenvalue weighted by Gasteiger charge is -2.30. The van der Waals surface area contributed by atoms with Gasteiger partial charge in [0.05, 0.1) is 11.3 Å². The second-order valence-electron chi connectivity index (χ2n) is 7.48. The molecule has 0 bridgehead atoms. The molecule has 156 valence electrons. The number of carbonyl (C=O) groups is 1. The van der Waals surface area contributed by atoms with Gasteiger partial charge in [0, 0.05) is 30.2 Å². The van der Waals surface area contributed by atoms with Crippen LogP contribution in [0.5, 0.6) is 0 Å². The molecule has 8 heteroatoms. The van der Waals surface area contributed by atoms with E-state index >= 15 is 0 Å². The molecule has 1 fully saturated rings. The number of benzene rings is 2. The van der Waals surface area contributed by atoms with Gasteiger partial charge in [-0.1, -0.05) is 30.8 Å². The van der Waals surface area contributed by atoms with Gasteiger partial charge in [0.2, 0.25) is 5.91 Å². The average molecular weight is 429 g/mol. The third-order valence-corrected chi connectivity index (χ3v) is 6.06. The Morgan fingerprint density at radius 3 is 2.67 bits per heavy atom. The highest BCUT2D eigenvalue weighted by atomic mass is 32.2. The largest absolute Gasteiger partial charge is 0.342 e. The maximum Gasteiger partial charge on any atom is 0.233 e. The predicted octanol–water partition coefficient (Wildman–Crippen LogP) is 5.00. The average Bonchev–Trinajstić information content (AvgIpc) is 2.75. The zero-order chi connectivity index (χ0) is 21.1. The van der Waals surface area contributed by atoms with E-state index in [4.69, 9.17) is 0 Å². The summed E-state index contributed by atoms with van der Waals surface area (Å²) in [6.45, 7) is 3.80. The third-order valence-electron chi connectivity index (χ3n) is 5.23. The van der Waals surface area contributed by atoms with Crippen LogP contribution in [0, 0.1) is 17.6 Å². The number of piperidine rings is 1. The molecule has 1 aromatic heterocycles. The number of likely N-dealkylation sites (tertiary alicyclic amines) is 1. The minimum atomic E-state index is -0.936. The van der Waals surface area contributed by atoms with E-state index in [0.29, 0.717) is 28.1 Å². The van der Waals surface area contributed by atoms with Crippen LogP contribution in [-0.4, -0.2) is 39.6 Å². The van der Waals surface area contributed by atoms with E-state index in [-0.39, 0.29) is 11.7 Å². The summed E-state index contributed by atoms with van der Waals surface area (Å²) in [5, 5.41) is 4.25. The molecule has 1 aliphatic rings. The Labute approximate surface area is 177 Å². The molecular formula is C22H22F2N4OS. The SMILES string of the molecule is CC1CCN(C(=O)CSc2nc(Nc3ccc(F)c(F)c3)c3ccccc3n2)CC1. The summed E-state index contributed by atoms with van der Waals surface area (Å²) in [7, 11) is 0. The van der Waals surface area contributed by atoms with Gasteiger partial charge in [-0.05, 0) is 43.0 Å². The first-order chi connectivity index (χ1) is 14.5. The van der Waals surface area contributed by atoms with Crippen molar-refractivity contribution in [2.24, 2.45) is 5.92 Å². The summed E-state index contributed by atoms with van der Waals surface area (Å²) in [6, 6.07) is 11.0. The lowest BCUT2D eigenvalue weighted by molar-refractivity contribution is -0.129. The second-order valence-corrected chi connectivity index (χ2v) is 8.42. The first-order valence-corrected chi connectivity index (χ1v) is 10.9. The predicted molar refractivity (Wildman–Crippen MR) is 115 cm³/mol. The fourth-order valence-electron chi connectivity index (χ4n) is 3.40. The number of amides is 1. The first-order valence-electron chi connectivity index (χ1n) is 9.89. The van der Waals surface area contributed by atoms with Gasteiger partial charge >= 0.3 is 0 Å².